The van der Waals surface area contributed by atoms with Crippen molar-refractivity contribution in [2.75, 3.05) is 6.54 Å². The van der Waals surface area contributed by atoms with Crippen LogP contribution in [0.1, 0.15) is 28.9 Å². The van der Waals surface area contributed by atoms with Crippen LogP contribution in [0.3, 0.4) is 0 Å². The number of aromatic nitrogens is 2. The number of aliphatic carboxylic acids is 1. The molecule has 1 aliphatic rings. The first-order valence-electron chi connectivity index (χ1n) is 7.31. The lowest BCUT2D eigenvalue weighted by atomic mass is 10.2. The minimum atomic E-state index is -1.01. The van der Waals surface area contributed by atoms with E-state index in [4.69, 9.17) is 16.7 Å². The topological polar surface area (TPSA) is 75.4 Å². The number of hydrogen-bond donors (Lipinski definition) is 1. The van der Waals surface area contributed by atoms with E-state index in [-0.39, 0.29) is 18.5 Å². The first-order valence-corrected chi connectivity index (χ1v) is 7.69. The number of halogens is 1. The van der Waals surface area contributed by atoms with Gasteiger partial charge in [0.2, 0.25) is 0 Å². The van der Waals surface area contributed by atoms with Gasteiger partial charge in [-0.2, -0.15) is 5.10 Å². The van der Waals surface area contributed by atoms with Gasteiger partial charge in [0.1, 0.15) is 6.54 Å². The van der Waals surface area contributed by atoms with Crippen molar-refractivity contribution in [1.29, 1.82) is 0 Å². The monoisotopic (exact) mass is 333 g/mol. The summed E-state index contributed by atoms with van der Waals surface area (Å²) in [5, 5.41) is 13.8. The highest BCUT2D eigenvalue weighted by molar-refractivity contribution is 6.32. The fourth-order valence-corrected chi connectivity index (χ4v) is 2.76. The summed E-state index contributed by atoms with van der Waals surface area (Å²) in [6.45, 7) is 1.48. The van der Waals surface area contributed by atoms with E-state index in [0.717, 1.165) is 12.8 Å². The number of nitrogens with zero attached hydrogens (tertiary/aromatic N) is 3. The lowest BCUT2D eigenvalue weighted by molar-refractivity contribution is -0.137. The molecule has 0 atom stereocenters. The minimum Gasteiger partial charge on any atom is -0.480 e. The molecule has 0 aliphatic heterocycles. The number of hydrogen-bond acceptors (Lipinski definition) is 3. The summed E-state index contributed by atoms with van der Waals surface area (Å²) in [6.07, 6.45) is 3.16. The zero-order valence-electron chi connectivity index (χ0n) is 12.6. The van der Waals surface area contributed by atoms with Crippen LogP contribution in [0.25, 0.3) is 5.69 Å². The third-order valence-corrected chi connectivity index (χ3v) is 4.19. The quantitative estimate of drug-likeness (QED) is 0.912. The van der Waals surface area contributed by atoms with Crippen LogP contribution in [0.4, 0.5) is 0 Å². The molecular weight excluding hydrogens is 318 g/mol. The third kappa shape index (κ3) is 3.07. The van der Waals surface area contributed by atoms with E-state index in [1.807, 2.05) is 18.2 Å². The second-order valence-electron chi connectivity index (χ2n) is 5.56. The molecule has 3 rings (SSSR count). The van der Waals surface area contributed by atoms with Crippen LogP contribution in [-0.4, -0.2) is 44.3 Å². The first kappa shape index (κ1) is 15.6. The number of rotatable bonds is 5. The number of carbonyl (C=O) groups excluding carboxylic acids is 1. The highest BCUT2D eigenvalue weighted by Crippen LogP contribution is 2.29. The predicted molar refractivity (Wildman–Crippen MR) is 85.0 cm³/mol. The number of benzene rings is 1. The van der Waals surface area contributed by atoms with Gasteiger partial charge in [-0.25, -0.2) is 4.68 Å². The summed E-state index contributed by atoms with van der Waals surface area (Å²) in [4.78, 5) is 25.1. The van der Waals surface area contributed by atoms with Gasteiger partial charge >= 0.3 is 5.97 Å². The molecule has 1 aliphatic carbocycles. The van der Waals surface area contributed by atoms with Gasteiger partial charge in [-0.05, 0) is 31.9 Å². The fraction of sp³-hybridized carbons (Fsp3) is 0.312. The van der Waals surface area contributed by atoms with Gasteiger partial charge in [-0.15, -0.1) is 0 Å². The molecule has 6 nitrogen and oxygen atoms in total. The zero-order valence-corrected chi connectivity index (χ0v) is 13.3. The van der Waals surface area contributed by atoms with E-state index >= 15 is 0 Å². The zero-order chi connectivity index (χ0) is 16.6. The van der Waals surface area contributed by atoms with E-state index in [0.29, 0.717) is 22.0 Å². The maximum atomic E-state index is 12.7. The summed E-state index contributed by atoms with van der Waals surface area (Å²) in [6, 6.07) is 7.23. The standard InChI is InChI=1S/C16H16ClN3O3/c1-10-12(16(23)19(9-15(21)22)11-6-7-11)8-18-20(10)14-5-3-2-4-13(14)17/h2-5,8,11H,6-7,9H2,1H3,(H,21,22). The molecule has 1 fully saturated rings. The van der Waals surface area contributed by atoms with Gasteiger partial charge in [0, 0.05) is 6.04 Å². The lowest BCUT2D eigenvalue weighted by Crippen LogP contribution is -2.37. The van der Waals surface area contributed by atoms with Crippen LogP contribution in [0, 0.1) is 6.92 Å². The van der Waals surface area contributed by atoms with Crippen molar-refractivity contribution >= 4 is 23.5 Å². The SMILES string of the molecule is Cc1c(C(=O)N(CC(=O)O)C2CC2)cnn1-c1ccccc1Cl. The number of para-hydroxylation sites is 1. The first-order chi connectivity index (χ1) is 11.0. The average molecular weight is 334 g/mol. The van der Waals surface area contributed by atoms with E-state index < -0.39 is 5.97 Å². The molecule has 0 unspecified atom stereocenters. The van der Waals surface area contributed by atoms with Gasteiger partial charge in [0.15, 0.2) is 0 Å². The predicted octanol–water partition coefficient (Wildman–Crippen LogP) is 2.52. The Bertz CT molecular complexity index is 768. The molecule has 1 aromatic carbocycles. The van der Waals surface area contributed by atoms with Gasteiger partial charge < -0.3 is 10.0 Å². The van der Waals surface area contributed by atoms with Crippen LogP contribution in [0.2, 0.25) is 5.02 Å². The van der Waals surface area contributed by atoms with Gasteiger partial charge in [0.25, 0.3) is 5.91 Å². The largest absolute Gasteiger partial charge is 0.480 e. The van der Waals surface area contributed by atoms with Gasteiger partial charge in [-0.3, -0.25) is 9.59 Å². The number of carboxylic acid groups (broad SMARTS) is 1. The molecular formula is C16H16ClN3O3. The van der Waals surface area contributed by atoms with Crippen molar-refractivity contribution in [2.45, 2.75) is 25.8 Å². The van der Waals surface area contributed by atoms with E-state index in [1.54, 1.807) is 17.7 Å². The molecule has 1 aromatic heterocycles. The molecule has 2 aromatic rings. The van der Waals surface area contributed by atoms with E-state index in [2.05, 4.69) is 5.10 Å². The molecule has 120 valence electrons. The summed E-state index contributed by atoms with van der Waals surface area (Å²) in [5.74, 6) is -1.31. The van der Waals surface area contributed by atoms with Crippen LogP contribution >= 0.6 is 11.6 Å². The minimum absolute atomic E-state index is 0.0154. The van der Waals surface area contributed by atoms with Crippen molar-refractivity contribution in [2.24, 2.45) is 0 Å². The van der Waals surface area contributed by atoms with Crippen molar-refractivity contribution in [1.82, 2.24) is 14.7 Å². The Morgan fingerprint density at radius 2 is 2.09 bits per heavy atom. The Kier molecular flexibility index (Phi) is 4.09. The number of amides is 1. The highest BCUT2D eigenvalue weighted by Gasteiger charge is 2.35. The molecule has 0 saturated heterocycles. The van der Waals surface area contributed by atoms with Crippen molar-refractivity contribution in [3.05, 3.63) is 46.7 Å². The molecule has 0 spiro atoms. The maximum absolute atomic E-state index is 12.7. The second kappa shape index (κ2) is 6.04. The molecule has 1 saturated carbocycles. The molecule has 1 amide bonds. The van der Waals surface area contributed by atoms with Crippen molar-refractivity contribution in [3.8, 4) is 5.69 Å². The van der Waals surface area contributed by atoms with E-state index in [1.165, 1.54) is 11.1 Å². The fourth-order valence-electron chi connectivity index (χ4n) is 2.54. The van der Waals surface area contributed by atoms with Crippen LogP contribution in [0.15, 0.2) is 30.5 Å². The Morgan fingerprint density at radius 3 is 2.70 bits per heavy atom. The Morgan fingerprint density at radius 1 is 1.39 bits per heavy atom. The van der Waals surface area contributed by atoms with Crippen LogP contribution in [0.5, 0.6) is 0 Å². The normalized spacial score (nSPS) is 13.8. The van der Waals surface area contributed by atoms with Crippen molar-refractivity contribution in [3.63, 3.8) is 0 Å². The maximum Gasteiger partial charge on any atom is 0.323 e. The molecule has 0 bridgehead atoms. The molecule has 0 radical (unpaired) electrons. The number of carboxylic acids is 1. The van der Waals surface area contributed by atoms with Gasteiger partial charge in [0.05, 0.1) is 28.2 Å². The summed E-state index contributed by atoms with van der Waals surface area (Å²) in [7, 11) is 0. The Balaban J connectivity index is 1.93. The van der Waals surface area contributed by atoms with E-state index in [9.17, 15) is 9.59 Å². The third-order valence-electron chi connectivity index (χ3n) is 3.87. The molecule has 23 heavy (non-hydrogen) atoms. The van der Waals surface area contributed by atoms with Crippen LogP contribution in [-0.2, 0) is 4.79 Å². The van der Waals surface area contributed by atoms with Crippen molar-refractivity contribution < 1.29 is 14.7 Å². The Labute approximate surface area is 138 Å². The average Bonchev–Trinajstić information content (AvgIpc) is 3.28. The highest BCUT2D eigenvalue weighted by atomic mass is 35.5. The summed E-state index contributed by atoms with van der Waals surface area (Å²) in [5.41, 5.74) is 1.72. The smallest absolute Gasteiger partial charge is 0.323 e. The second-order valence-corrected chi connectivity index (χ2v) is 5.97. The summed E-state index contributed by atoms with van der Waals surface area (Å²) < 4.78 is 1.60. The van der Waals surface area contributed by atoms with Crippen LogP contribution < -0.4 is 0 Å². The number of carbonyl (C=O) groups is 2. The molecule has 1 heterocycles. The lowest BCUT2D eigenvalue weighted by Gasteiger charge is -2.20. The molecule has 1 N–H and O–H groups in total. The van der Waals surface area contributed by atoms with Gasteiger partial charge in [-0.1, -0.05) is 23.7 Å². The summed E-state index contributed by atoms with van der Waals surface area (Å²) >= 11 is 6.18. The Hall–Kier alpha value is -2.34. The molecule has 7 heteroatoms.